The molecule has 0 aliphatic carbocycles. The number of nitrogens with zero attached hydrogens (tertiary/aromatic N) is 2. The number of rotatable bonds is 1. The molecule has 0 amide bonds. The zero-order valence-electron chi connectivity index (χ0n) is 4.37. The lowest BCUT2D eigenvalue weighted by Crippen LogP contribution is -1.86. The zero-order valence-corrected chi connectivity index (χ0v) is 5.19. The van der Waals surface area contributed by atoms with Crippen LogP contribution >= 0.6 is 11.3 Å². The summed E-state index contributed by atoms with van der Waals surface area (Å²) in [6, 6.07) is 0. The van der Waals surface area contributed by atoms with Gasteiger partial charge in [0, 0.05) is 24.7 Å². The second-order valence-electron chi connectivity index (χ2n) is 1.80. The Balaban J connectivity index is 2.28. The monoisotopic (exact) mass is 126 g/mol. The summed E-state index contributed by atoms with van der Waals surface area (Å²) < 4.78 is 0. The Morgan fingerprint density at radius 2 is 2.50 bits per heavy atom. The first-order valence-electron chi connectivity index (χ1n) is 2.61. The summed E-state index contributed by atoms with van der Waals surface area (Å²) in [5, 5.41) is 3.18. The highest BCUT2D eigenvalue weighted by Crippen LogP contribution is 2.22. The van der Waals surface area contributed by atoms with Gasteiger partial charge in [-0.3, -0.25) is 0 Å². The van der Waals surface area contributed by atoms with Crippen molar-refractivity contribution in [2.75, 3.05) is 18.0 Å². The van der Waals surface area contributed by atoms with Crippen molar-refractivity contribution in [3.8, 4) is 0 Å². The lowest BCUT2D eigenvalue weighted by Gasteiger charge is -1.89. The molecule has 0 spiro atoms. The minimum Gasteiger partial charge on any atom is -0.345 e. The molecule has 0 unspecified atom stereocenters. The SMILES string of the molecule is c1csc(N2CC2)n1. The van der Waals surface area contributed by atoms with Crippen LogP contribution < -0.4 is 4.90 Å². The van der Waals surface area contributed by atoms with E-state index in [4.69, 9.17) is 0 Å². The molecule has 0 bridgehead atoms. The molecule has 42 valence electrons. The largest absolute Gasteiger partial charge is 0.345 e. The van der Waals surface area contributed by atoms with Gasteiger partial charge in [-0.05, 0) is 0 Å². The molecule has 0 radical (unpaired) electrons. The van der Waals surface area contributed by atoms with Crippen LogP contribution in [0.3, 0.4) is 0 Å². The summed E-state index contributed by atoms with van der Waals surface area (Å²) in [6.07, 6.45) is 1.85. The minimum absolute atomic E-state index is 1.17. The van der Waals surface area contributed by atoms with Gasteiger partial charge in [0.1, 0.15) is 0 Å². The van der Waals surface area contributed by atoms with Crippen LogP contribution in [0.4, 0.5) is 5.13 Å². The second kappa shape index (κ2) is 1.45. The van der Waals surface area contributed by atoms with E-state index >= 15 is 0 Å². The molecule has 0 atom stereocenters. The predicted octanol–water partition coefficient (Wildman–Crippen LogP) is 0.963. The smallest absolute Gasteiger partial charge is 0.185 e. The third kappa shape index (κ3) is 0.591. The van der Waals surface area contributed by atoms with Crippen LogP contribution in [0, 0.1) is 0 Å². The standard InChI is InChI=1S/C5H6N2S/c1-4-8-5(6-1)7-2-3-7/h1,4H,2-3H2. The van der Waals surface area contributed by atoms with Crippen molar-refractivity contribution in [2.24, 2.45) is 0 Å². The van der Waals surface area contributed by atoms with Crippen molar-refractivity contribution in [1.29, 1.82) is 0 Å². The highest BCUT2D eigenvalue weighted by molar-refractivity contribution is 7.13. The predicted molar refractivity (Wildman–Crippen MR) is 34.3 cm³/mol. The van der Waals surface area contributed by atoms with Crippen LogP contribution in [0.1, 0.15) is 0 Å². The highest BCUT2D eigenvalue weighted by Gasteiger charge is 2.19. The van der Waals surface area contributed by atoms with E-state index in [0.29, 0.717) is 0 Å². The molecule has 3 heteroatoms. The fourth-order valence-corrected chi connectivity index (χ4v) is 1.31. The Labute approximate surface area is 51.8 Å². The average Bonchev–Trinajstić information content (AvgIpc) is 2.49. The molecular formula is C5H6N2S. The van der Waals surface area contributed by atoms with Crippen LogP contribution in [-0.4, -0.2) is 18.1 Å². The van der Waals surface area contributed by atoms with Crippen LogP contribution in [0.15, 0.2) is 11.6 Å². The van der Waals surface area contributed by atoms with E-state index in [9.17, 15) is 0 Å². The van der Waals surface area contributed by atoms with Gasteiger partial charge in [0.05, 0.1) is 0 Å². The quantitative estimate of drug-likeness (QED) is 0.521. The summed E-state index contributed by atoms with van der Waals surface area (Å²) in [6.45, 7) is 2.40. The summed E-state index contributed by atoms with van der Waals surface area (Å²) >= 11 is 1.71. The van der Waals surface area contributed by atoms with Crippen molar-refractivity contribution in [2.45, 2.75) is 0 Å². The molecule has 1 aliphatic rings. The van der Waals surface area contributed by atoms with Crippen molar-refractivity contribution in [3.05, 3.63) is 11.6 Å². The van der Waals surface area contributed by atoms with Gasteiger partial charge in [-0.1, -0.05) is 0 Å². The molecular weight excluding hydrogens is 120 g/mol. The normalized spacial score (nSPS) is 16.8. The van der Waals surface area contributed by atoms with Crippen LogP contribution in [0.5, 0.6) is 0 Å². The van der Waals surface area contributed by atoms with Gasteiger partial charge in [-0.2, -0.15) is 0 Å². The highest BCUT2D eigenvalue weighted by atomic mass is 32.1. The maximum absolute atomic E-state index is 4.12. The van der Waals surface area contributed by atoms with E-state index in [1.165, 1.54) is 18.2 Å². The van der Waals surface area contributed by atoms with Crippen molar-refractivity contribution in [3.63, 3.8) is 0 Å². The topological polar surface area (TPSA) is 15.9 Å². The average molecular weight is 126 g/mol. The lowest BCUT2D eigenvalue weighted by atomic mass is 11.0. The minimum atomic E-state index is 1.17. The van der Waals surface area contributed by atoms with Gasteiger partial charge in [0.25, 0.3) is 0 Å². The molecule has 0 saturated carbocycles. The van der Waals surface area contributed by atoms with Gasteiger partial charge in [-0.25, -0.2) is 4.98 Å². The molecule has 1 fully saturated rings. The van der Waals surface area contributed by atoms with Crippen LogP contribution in [-0.2, 0) is 0 Å². The fourth-order valence-electron chi connectivity index (χ4n) is 0.613. The first-order valence-corrected chi connectivity index (χ1v) is 3.49. The lowest BCUT2D eigenvalue weighted by molar-refractivity contribution is 1.30. The second-order valence-corrected chi connectivity index (χ2v) is 2.67. The molecule has 0 N–H and O–H groups in total. The molecule has 2 rings (SSSR count). The van der Waals surface area contributed by atoms with E-state index in [0.717, 1.165) is 0 Å². The molecule has 1 aliphatic heterocycles. The maximum Gasteiger partial charge on any atom is 0.185 e. The molecule has 8 heavy (non-hydrogen) atoms. The van der Waals surface area contributed by atoms with Gasteiger partial charge >= 0.3 is 0 Å². The third-order valence-corrected chi connectivity index (χ3v) is 1.97. The van der Waals surface area contributed by atoms with Crippen molar-refractivity contribution >= 4 is 16.5 Å². The number of thiazole rings is 1. The molecule has 1 aromatic heterocycles. The first-order chi connectivity index (χ1) is 3.97. The van der Waals surface area contributed by atoms with E-state index in [1.54, 1.807) is 11.3 Å². The Morgan fingerprint density at radius 1 is 1.62 bits per heavy atom. The van der Waals surface area contributed by atoms with E-state index in [2.05, 4.69) is 9.88 Å². The van der Waals surface area contributed by atoms with Gasteiger partial charge in [0.2, 0.25) is 0 Å². The van der Waals surface area contributed by atoms with Gasteiger partial charge in [-0.15, -0.1) is 11.3 Å². The van der Waals surface area contributed by atoms with E-state index in [1.807, 2.05) is 11.6 Å². The molecule has 2 heterocycles. The summed E-state index contributed by atoms with van der Waals surface area (Å²) in [7, 11) is 0. The zero-order chi connectivity index (χ0) is 5.40. The van der Waals surface area contributed by atoms with Crippen molar-refractivity contribution < 1.29 is 0 Å². The Bertz CT molecular complexity index is 167. The Hall–Kier alpha value is -0.570. The maximum atomic E-state index is 4.12. The third-order valence-electron chi connectivity index (χ3n) is 1.14. The summed E-state index contributed by atoms with van der Waals surface area (Å²) in [5.41, 5.74) is 0. The summed E-state index contributed by atoms with van der Waals surface area (Å²) in [5.74, 6) is 0. The summed E-state index contributed by atoms with van der Waals surface area (Å²) in [4.78, 5) is 6.36. The van der Waals surface area contributed by atoms with Crippen molar-refractivity contribution in [1.82, 2.24) is 4.98 Å². The Morgan fingerprint density at radius 3 is 3.00 bits per heavy atom. The van der Waals surface area contributed by atoms with E-state index in [-0.39, 0.29) is 0 Å². The molecule has 2 nitrogen and oxygen atoms in total. The number of anilines is 1. The molecule has 1 saturated heterocycles. The number of hydrogen-bond donors (Lipinski definition) is 0. The van der Waals surface area contributed by atoms with E-state index < -0.39 is 0 Å². The van der Waals surface area contributed by atoms with Gasteiger partial charge < -0.3 is 4.90 Å². The Kier molecular flexibility index (Phi) is 0.784. The fraction of sp³-hybridized carbons (Fsp3) is 0.400. The molecule has 1 aromatic rings. The molecule has 0 aromatic carbocycles. The van der Waals surface area contributed by atoms with Gasteiger partial charge in [0.15, 0.2) is 5.13 Å². The van der Waals surface area contributed by atoms with Crippen LogP contribution in [0.2, 0.25) is 0 Å². The number of hydrogen-bond acceptors (Lipinski definition) is 3. The number of aromatic nitrogens is 1. The van der Waals surface area contributed by atoms with Crippen LogP contribution in [0.25, 0.3) is 0 Å². The first kappa shape index (κ1) is 4.32.